The van der Waals surface area contributed by atoms with Crippen molar-refractivity contribution in [1.29, 1.82) is 0 Å². The third-order valence-electron chi connectivity index (χ3n) is 3.21. The highest BCUT2D eigenvalue weighted by Gasteiger charge is 2.24. The lowest BCUT2D eigenvalue weighted by Crippen LogP contribution is -2.42. The van der Waals surface area contributed by atoms with Crippen molar-refractivity contribution >= 4 is 29.2 Å². The summed E-state index contributed by atoms with van der Waals surface area (Å²) in [5.74, 6) is -0.0714. The first kappa shape index (κ1) is 16.3. The van der Waals surface area contributed by atoms with Crippen LogP contribution in [0.3, 0.4) is 0 Å². The van der Waals surface area contributed by atoms with Gasteiger partial charge in [-0.15, -0.1) is 0 Å². The molecule has 1 aromatic carbocycles. The van der Waals surface area contributed by atoms with E-state index in [4.69, 9.17) is 27.9 Å². The number of carbonyl (C=O) groups is 1. The van der Waals surface area contributed by atoms with Crippen LogP contribution in [0.1, 0.15) is 25.8 Å². The summed E-state index contributed by atoms with van der Waals surface area (Å²) in [6.45, 7) is 4.52. The van der Waals surface area contributed by atoms with Gasteiger partial charge in [-0.3, -0.25) is 4.79 Å². The lowest BCUT2D eigenvalue weighted by Gasteiger charge is -2.22. The van der Waals surface area contributed by atoms with Crippen molar-refractivity contribution in [2.45, 2.75) is 32.9 Å². The fraction of sp³-hybridized carbons (Fsp3) is 0.500. The molecule has 2 atom stereocenters. The second-order valence-corrected chi connectivity index (χ2v) is 5.27. The molecule has 0 heterocycles. The third-order valence-corrected chi connectivity index (χ3v) is 4.07. The van der Waals surface area contributed by atoms with Crippen molar-refractivity contribution in [3.05, 3.63) is 33.8 Å². The Morgan fingerprint density at radius 1 is 1.42 bits per heavy atom. The van der Waals surface area contributed by atoms with Gasteiger partial charge in [-0.05, 0) is 17.5 Å². The Morgan fingerprint density at radius 3 is 2.68 bits per heavy atom. The number of esters is 1. The van der Waals surface area contributed by atoms with E-state index in [0.717, 1.165) is 12.0 Å². The van der Waals surface area contributed by atoms with Gasteiger partial charge in [0.05, 0.1) is 17.2 Å². The number of ether oxygens (including phenoxy) is 1. The van der Waals surface area contributed by atoms with E-state index in [2.05, 4.69) is 5.32 Å². The molecule has 2 unspecified atom stereocenters. The Bertz CT molecular complexity index is 437. The van der Waals surface area contributed by atoms with Gasteiger partial charge in [0.2, 0.25) is 0 Å². The zero-order valence-corrected chi connectivity index (χ0v) is 12.9. The second kappa shape index (κ2) is 7.73. The third kappa shape index (κ3) is 4.37. The molecule has 0 fully saturated rings. The molecule has 106 valence electrons. The Kier molecular flexibility index (Phi) is 6.63. The smallest absolute Gasteiger partial charge is 0.323 e. The zero-order valence-electron chi connectivity index (χ0n) is 11.4. The van der Waals surface area contributed by atoms with Crippen LogP contribution in [0, 0.1) is 5.92 Å². The molecule has 1 N–H and O–H groups in total. The van der Waals surface area contributed by atoms with Gasteiger partial charge in [0.1, 0.15) is 6.04 Å². The summed E-state index contributed by atoms with van der Waals surface area (Å²) >= 11 is 12.1. The van der Waals surface area contributed by atoms with Gasteiger partial charge in [0.25, 0.3) is 0 Å². The first-order valence-electron chi connectivity index (χ1n) is 6.25. The van der Waals surface area contributed by atoms with Crippen LogP contribution in [0.2, 0.25) is 10.0 Å². The molecule has 3 nitrogen and oxygen atoms in total. The van der Waals surface area contributed by atoms with Crippen LogP contribution >= 0.6 is 23.2 Å². The summed E-state index contributed by atoms with van der Waals surface area (Å²) < 4.78 is 4.82. The maximum atomic E-state index is 11.7. The monoisotopic (exact) mass is 303 g/mol. The van der Waals surface area contributed by atoms with E-state index in [1.165, 1.54) is 7.11 Å². The minimum Gasteiger partial charge on any atom is -0.468 e. The van der Waals surface area contributed by atoms with Gasteiger partial charge in [0, 0.05) is 6.54 Å². The number of hydrogen-bond acceptors (Lipinski definition) is 3. The molecule has 5 heteroatoms. The van der Waals surface area contributed by atoms with E-state index < -0.39 is 0 Å². The van der Waals surface area contributed by atoms with E-state index in [0.29, 0.717) is 16.6 Å². The quantitative estimate of drug-likeness (QED) is 0.815. The van der Waals surface area contributed by atoms with Crippen LogP contribution < -0.4 is 5.32 Å². The lowest BCUT2D eigenvalue weighted by atomic mass is 9.99. The predicted molar refractivity (Wildman–Crippen MR) is 78.6 cm³/mol. The van der Waals surface area contributed by atoms with Crippen molar-refractivity contribution in [2.75, 3.05) is 7.11 Å². The molecule has 0 aliphatic rings. The molecule has 0 bridgehead atoms. The van der Waals surface area contributed by atoms with Crippen molar-refractivity contribution in [3.63, 3.8) is 0 Å². The minimum absolute atomic E-state index is 0.186. The summed E-state index contributed by atoms with van der Waals surface area (Å²) in [5, 5.41) is 4.22. The summed E-state index contributed by atoms with van der Waals surface area (Å²) in [7, 11) is 1.39. The number of hydrogen-bond donors (Lipinski definition) is 1. The van der Waals surface area contributed by atoms with E-state index in [1.54, 1.807) is 6.07 Å². The molecule has 19 heavy (non-hydrogen) atoms. The van der Waals surface area contributed by atoms with E-state index in [-0.39, 0.29) is 17.9 Å². The minimum atomic E-state index is -0.343. The van der Waals surface area contributed by atoms with Crippen molar-refractivity contribution in [2.24, 2.45) is 5.92 Å². The van der Waals surface area contributed by atoms with Crippen LogP contribution in [-0.4, -0.2) is 19.1 Å². The highest BCUT2D eigenvalue weighted by atomic mass is 35.5. The molecule has 1 aromatic rings. The molecule has 0 spiro atoms. The van der Waals surface area contributed by atoms with Crippen molar-refractivity contribution in [3.8, 4) is 0 Å². The van der Waals surface area contributed by atoms with Gasteiger partial charge in [-0.2, -0.15) is 0 Å². The lowest BCUT2D eigenvalue weighted by molar-refractivity contribution is -0.144. The standard InChI is InChI=1S/C14H19Cl2NO2/c1-4-9(2)13(14(18)19-3)17-8-10-6-5-7-11(15)12(10)16/h5-7,9,13,17H,4,8H2,1-3H3. The van der Waals surface area contributed by atoms with Gasteiger partial charge in [0.15, 0.2) is 0 Å². The molecule has 0 aliphatic heterocycles. The predicted octanol–water partition coefficient (Wildman–Crippen LogP) is 3.67. The molecule has 0 radical (unpaired) electrons. The molecule has 0 aliphatic carbocycles. The topological polar surface area (TPSA) is 38.3 Å². The Labute approximate surface area is 124 Å². The van der Waals surface area contributed by atoms with Crippen LogP contribution in [0.15, 0.2) is 18.2 Å². The highest BCUT2D eigenvalue weighted by molar-refractivity contribution is 6.42. The summed E-state index contributed by atoms with van der Waals surface area (Å²) in [5.41, 5.74) is 0.867. The SMILES string of the molecule is CCC(C)C(NCc1cccc(Cl)c1Cl)C(=O)OC. The average Bonchev–Trinajstić information content (AvgIpc) is 2.42. The maximum absolute atomic E-state index is 11.7. The molecule has 0 saturated heterocycles. The number of halogens is 2. The first-order valence-corrected chi connectivity index (χ1v) is 7.00. The fourth-order valence-corrected chi connectivity index (χ4v) is 2.17. The summed E-state index contributed by atoms with van der Waals surface area (Å²) in [4.78, 5) is 11.7. The number of rotatable bonds is 6. The normalized spacial score (nSPS) is 13.9. The molecule has 0 saturated carbocycles. The average molecular weight is 304 g/mol. The largest absolute Gasteiger partial charge is 0.468 e. The van der Waals surface area contributed by atoms with Crippen molar-refractivity contribution in [1.82, 2.24) is 5.32 Å². The van der Waals surface area contributed by atoms with Crippen LogP contribution in [0.25, 0.3) is 0 Å². The fourth-order valence-electron chi connectivity index (χ4n) is 1.78. The van der Waals surface area contributed by atoms with E-state index >= 15 is 0 Å². The molecule has 1 rings (SSSR count). The highest BCUT2D eigenvalue weighted by Crippen LogP contribution is 2.25. The van der Waals surface area contributed by atoms with Gasteiger partial charge >= 0.3 is 5.97 Å². The molecular formula is C14H19Cl2NO2. The van der Waals surface area contributed by atoms with Gasteiger partial charge in [-0.1, -0.05) is 55.6 Å². The van der Waals surface area contributed by atoms with E-state index in [1.807, 2.05) is 26.0 Å². The van der Waals surface area contributed by atoms with Crippen LogP contribution in [0.5, 0.6) is 0 Å². The first-order chi connectivity index (χ1) is 9.01. The molecule has 0 aromatic heterocycles. The van der Waals surface area contributed by atoms with Crippen molar-refractivity contribution < 1.29 is 9.53 Å². The number of nitrogens with one attached hydrogen (secondary N) is 1. The van der Waals surface area contributed by atoms with Crippen LogP contribution in [0.4, 0.5) is 0 Å². The summed E-state index contributed by atoms with van der Waals surface area (Å²) in [6.07, 6.45) is 0.885. The molecule has 0 amide bonds. The summed E-state index contributed by atoms with van der Waals surface area (Å²) in [6, 6.07) is 5.11. The number of carbonyl (C=O) groups excluding carboxylic acids is 1. The Morgan fingerprint density at radius 2 is 2.11 bits per heavy atom. The second-order valence-electron chi connectivity index (χ2n) is 4.48. The van der Waals surface area contributed by atoms with Gasteiger partial charge in [-0.25, -0.2) is 0 Å². The number of methoxy groups -OCH3 is 1. The number of benzene rings is 1. The van der Waals surface area contributed by atoms with E-state index in [9.17, 15) is 4.79 Å². The molecular weight excluding hydrogens is 285 g/mol. The maximum Gasteiger partial charge on any atom is 0.323 e. The van der Waals surface area contributed by atoms with Gasteiger partial charge < -0.3 is 10.1 Å². The van der Waals surface area contributed by atoms with Crippen LogP contribution in [-0.2, 0) is 16.1 Å². The Hall–Kier alpha value is -0.770. The Balaban J connectivity index is 2.76. The zero-order chi connectivity index (χ0) is 14.4.